The van der Waals surface area contributed by atoms with Crippen molar-refractivity contribution < 1.29 is 27.8 Å². The van der Waals surface area contributed by atoms with Crippen LogP contribution in [0.15, 0.2) is 59.0 Å². The van der Waals surface area contributed by atoms with Crippen LogP contribution in [-0.2, 0) is 4.74 Å². The molecule has 0 spiro atoms. The number of halogens is 1. The Labute approximate surface area is 192 Å². The number of hydrogen-bond acceptors (Lipinski definition) is 6. The number of benzene rings is 2. The predicted molar refractivity (Wildman–Crippen MR) is 121 cm³/mol. The maximum absolute atomic E-state index is 13.2. The van der Waals surface area contributed by atoms with Crippen molar-refractivity contribution in [3.8, 4) is 22.8 Å². The molecule has 4 rings (SSSR count). The molecule has 7 nitrogen and oxygen atoms in total. The lowest BCUT2D eigenvalue weighted by Crippen LogP contribution is -2.43. The molecule has 1 amide bonds. The summed E-state index contributed by atoms with van der Waals surface area (Å²) in [5.74, 6) is 1.34. The number of nitrogens with one attached hydrogen (secondary N) is 1. The lowest BCUT2D eigenvalue weighted by Gasteiger charge is -2.35. The minimum absolute atomic E-state index is 0.0795. The van der Waals surface area contributed by atoms with E-state index in [1.807, 2.05) is 18.2 Å². The minimum atomic E-state index is -0.326. The van der Waals surface area contributed by atoms with Crippen LogP contribution in [0.5, 0.6) is 11.5 Å². The zero-order valence-corrected chi connectivity index (χ0v) is 18.7. The molecular weight excluding hydrogens is 427 g/mol. The van der Waals surface area contributed by atoms with Gasteiger partial charge in [0.15, 0.2) is 17.3 Å². The maximum atomic E-state index is 13.2. The molecule has 0 aliphatic carbocycles. The Morgan fingerprint density at radius 3 is 2.45 bits per heavy atom. The highest BCUT2D eigenvalue weighted by molar-refractivity contribution is 5.92. The van der Waals surface area contributed by atoms with Gasteiger partial charge in [-0.05, 0) is 54.1 Å². The van der Waals surface area contributed by atoms with E-state index in [4.69, 9.17) is 18.6 Å². The summed E-state index contributed by atoms with van der Waals surface area (Å²) in [5.41, 5.74) is 1.70. The average Bonchev–Trinajstić information content (AvgIpc) is 3.35. The number of ether oxygens (including phenoxy) is 3. The van der Waals surface area contributed by atoms with Crippen LogP contribution in [0, 0.1) is 5.82 Å². The molecule has 1 saturated heterocycles. The molecule has 2 heterocycles. The van der Waals surface area contributed by atoms with E-state index in [9.17, 15) is 9.18 Å². The molecule has 0 radical (unpaired) electrons. The first-order valence-corrected chi connectivity index (χ1v) is 10.8. The van der Waals surface area contributed by atoms with E-state index in [2.05, 4.69) is 10.2 Å². The molecule has 1 aliphatic heterocycles. The molecule has 33 heavy (non-hydrogen) atoms. The highest BCUT2D eigenvalue weighted by Crippen LogP contribution is 2.32. The normalized spacial score (nSPS) is 15.1. The average molecular weight is 454 g/mol. The van der Waals surface area contributed by atoms with Crippen molar-refractivity contribution in [2.45, 2.75) is 6.04 Å². The summed E-state index contributed by atoms with van der Waals surface area (Å²) in [4.78, 5) is 15.1. The summed E-state index contributed by atoms with van der Waals surface area (Å²) in [6.45, 7) is 3.16. The molecule has 1 atom stereocenters. The molecule has 1 fully saturated rings. The Balaban J connectivity index is 1.50. The molecular formula is C25H27FN2O5. The molecule has 0 bridgehead atoms. The van der Waals surface area contributed by atoms with Crippen molar-refractivity contribution in [3.63, 3.8) is 0 Å². The summed E-state index contributed by atoms with van der Waals surface area (Å²) in [5, 5.41) is 2.99. The summed E-state index contributed by atoms with van der Waals surface area (Å²) in [6, 6.07) is 15.0. The highest BCUT2D eigenvalue weighted by Gasteiger charge is 2.25. The van der Waals surface area contributed by atoms with Gasteiger partial charge >= 0.3 is 0 Å². The van der Waals surface area contributed by atoms with Crippen molar-refractivity contribution in [1.82, 2.24) is 10.2 Å². The standard InChI is InChI=1S/C25H27FN2O5/c1-30-22-8-5-18(15-24(22)31-2)20(28-11-13-32-14-12-28)16-27-25(29)23-10-9-21(33-23)17-3-6-19(26)7-4-17/h3-10,15,20H,11-14,16H2,1-2H3,(H,27,29). The number of methoxy groups -OCH3 is 2. The van der Waals surface area contributed by atoms with Crippen LogP contribution in [-0.4, -0.2) is 57.9 Å². The van der Waals surface area contributed by atoms with E-state index in [1.165, 1.54) is 12.1 Å². The van der Waals surface area contributed by atoms with Crippen molar-refractivity contribution in [2.75, 3.05) is 47.1 Å². The molecule has 174 valence electrons. The number of nitrogens with zero attached hydrogens (tertiary/aromatic N) is 1. The second kappa shape index (κ2) is 10.5. The predicted octanol–water partition coefficient (Wildman–Crippen LogP) is 3.91. The van der Waals surface area contributed by atoms with Crippen molar-refractivity contribution >= 4 is 5.91 Å². The van der Waals surface area contributed by atoms with Gasteiger partial charge in [0, 0.05) is 25.2 Å². The fourth-order valence-corrected chi connectivity index (χ4v) is 3.91. The molecule has 8 heteroatoms. The number of furan rings is 1. The summed E-state index contributed by atoms with van der Waals surface area (Å²) in [6.07, 6.45) is 0. The molecule has 2 aromatic carbocycles. The quantitative estimate of drug-likeness (QED) is 0.557. The van der Waals surface area contributed by atoms with Gasteiger partial charge in [-0.3, -0.25) is 9.69 Å². The van der Waals surface area contributed by atoms with Gasteiger partial charge in [0.1, 0.15) is 11.6 Å². The van der Waals surface area contributed by atoms with Crippen LogP contribution < -0.4 is 14.8 Å². The number of carbonyl (C=O) groups excluding carboxylic acids is 1. The van der Waals surface area contributed by atoms with Gasteiger partial charge < -0.3 is 23.9 Å². The van der Waals surface area contributed by atoms with Crippen molar-refractivity contribution in [2.24, 2.45) is 0 Å². The summed E-state index contributed by atoms with van der Waals surface area (Å²) in [7, 11) is 3.20. The van der Waals surface area contributed by atoms with Crippen molar-refractivity contribution in [1.29, 1.82) is 0 Å². The van der Waals surface area contributed by atoms with E-state index < -0.39 is 0 Å². The Morgan fingerprint density at radius 2 is 1.76 bits per heavy atom. The molecule has 1 unspecified atom stereocenters. The number of rotatable bonds is 8. The highest BCUT2D eigenvalue weighted by atomic mass is 19.1. The van der Waals surface area contributed by atoms with E-state index in [1.54, 1.807) is 38.5 Å². The third-order valence-corrected chi connectivity index (χ3v) is 5.69. The molecule has 1 N–H and O–H groups in total. The first-order chi connectivity index (χ1) is 16.1. The van der Waals surface area contributed by atoms with Crippen LogP contribution in [0.2, 0.25) is 0 Å². The van der Waals surface area contributed by atoms with Crippen LogP contribution >= 0.6 is 0 Å². The van der Waals surface area contributed by atoms with Gasteiger partial charge in [-0.25, -0.2) is 4.39 Å². The summed E-state index contributed by atoms with van der Waals surface area (Å²) >= 11 is 0. The smallest absolute Gasteiger partial charge is 0.287 e. The number of carbonyl (C=O) groups is 1. The molecule has 0 saturated carbocycles. The topological polar surface area (TPSA) is 73.2 Å². The van der Waals surface area contributed by atoms with Crippen LogP contribution in [0.4, 0.5) is 4.39 Å². The third-order valence-electron chi connectivity index (χ3n) is 5.69. The van der Waals surface area contributed by atoms with Crippen molar-refractivity contribution in [3.05, 3.63) is 71.7 Å². The van der Waals surface area contributed by atoms with Crippen LogP contribution in [0.3, 0.4) is 0 Å². The van der Waals surface area contributed by atoms with Gasteiger partial charge in [0.05, 0.1) is 33.5 Å². The maximum Gasteiger partial charge on any atom is 0.287 e. The molecule has 3 aromatic rings. The zero-order chi connectivity index (χ0) is 23.2. The fraction of sp³-hybridized carbons (Fsp3) is 0.320. The number of amides is 1. The minimum Gasteiger partial charge on any atom is -0.493 e. The lowest BCUT2D eigenvalue weighted by molar-refractivity contribution is 0.0161. The Hall–Kier alpha value is -3.36. The van der Waals surface area contributed by atoms with Crippen LogP contribution in [0.1, 0.15) is 22.2 Å². The monoisotopic (exact) mass is 454 g/mol. The van der Waals surface area contributed by atoms with E-state index in [0.717, 1.165) is 18.7 Å². The van der Waals surface area contributed by atoms with Gasteiger partial charge in [-0.1, -0.05) is 6.07 Å². The number of hydrogen-bond donors (Lipinski definition) is 1. The Bertz CT molecular complexity index is 1080. The van der Waals surface area contributed by atoms with Gasteiger partial charge in [-0.15, -0.1) is 0 Å². The molecule has 1 aliphatic rings. The van der Waals surface area contributed by atoms with E-state index in [0.29, 0.717) is 42.6 Å². The second-order valence-corrected chi connectivity index (χ2v) is 7.66. The van der Waals surface area contributed by atoms with Gasteiger partial charge in [-0.2, -0.15) is 0 Å². The Morgan fingerprint density at radius 1 is 1.03 bits per heavy atom. The first-order valence-electron chi connectivity index (χ1n) is 10.8. The largest absolute Gasteiger partial charge is 0.493 e. The fourth-order valence-electron chi connectivity index (χ4n) is 3.91. The third kappa shape index (κ3) is 5.35. The van der Waals surface area contributed by atoms with Crippen LogP contribution in [0.25, 0.3) is 11.3 Å². The SMILES string of the molecule is COc1ccc(C(CNC(=O)c2ccc(-c3ccc(F)cc3)o2)N2CCOCC2)cc1OC. The summed E-state index contributed by atoms with van der Waals surface area (Å²) < 4.78 is 35.2. The zero-order valence-electron chi connectivity index (χ0n) is 18.7. The lowest BCUT2D eigenvalue weighted by atomic mass is 10.0. The van der Waals surface area contributed by atoms with E-state index in [-0.39, 0.29) is 23.5 Å². The Kier molecular flexibility index (Phi) is 7.26. The first kappa shape index (κ1) is 22.8. The second-order valence-electron chi connectivity index (χ2n) is 7.66. The van der Waals surface area contributed by atoms with Gasteiger partial charge in [0.2, 0.25) is 0 Å². The van der Waals surface area contributed by atoms with E-state index >= 15 is 0 Å². The van der Waals surface area contributed by atoms with Gasteiger partial charge in [0.25, 0.3) is 5.91 Å². The number of morpholine rings is 1. The molecule has 1 aromatic heterocycles.